The number of nitrogens with zero attached hydrogens (tertiary/aromatic N) is 4. The van der Waals surface area contributed by atoms with E-state index in [-0.39, 0.29) is 18.1 Å². The Kier molecular flexibility index (Phi) is 6.84. The summed E-state index contributed by atoms with van der Waals surface area (Å²) in [5.74, 6) is 1.98. The molecule has 9 nitrogen and oxygen atoms in total. The van der Waals surface area contributed by atoms with E-state index in [0.29, 0.717) is 36.4 Å². The third-order valence-electron chi connectivity index (χ3n) is 7.58. The Morgan fingerprint density at radius 2 is 2.05 bits per heavy atom. The van der Waals surface area contributed by atoms with E-state index in [0.717, 1.165) is 60.1 Å². The zero-order valence-corrected chi connectivity index (χ0v) is 21.9. The number of hydrogen-bond acceptors (Lipinski definition) is 7. The molecule has 1 aliphatic carbocycles. The van der Waals surface area contributed by atoms with Gasteiger partial charge in [-0.1, -0.05) is 24.3 Å². The number of nitrogens with one attached hydrogen (secondary N) is 2. The maximum Gasteiger partial charge on any atom is 0.251 e. The van der Waals surface area contributed by atoms with E-state index in [1.165, 1.54) is 0 Å². The standard InChI is InChI=1S/C29H34N6O3/c1-18(2)38-23-10-19(11-23)14-30-29(36)21-12-20-6-3-4-8-24(20)25(13-21)37-15-22-7-5-9-35(22)28-26-27(32-16-31-26)33-17-34-28/h3-4,6,8,12-13,16-19,22-23H,5,7,9-11,14-15H2,1-2H3,(H,30,36)(H,31,32,33,34)/t19?,22-,23?/m1/s1. The molecule has 9 heteroatoms. The Labute approximate surface area is 222 Å². The number of benzene rings is 2. The molecule has 6 rings (SSSR count). The number of anilines is 1. The van der Waals surface area contributed by atoms with Gasteiger partial charge in [0.15, 0.2) is 11.5 Å². The molecule has 198 valence electrons. The first kappa shape index (κ1) is 24.6. The average molecular weight is 515 g/mol. The van der Waals surface area contributed by atoms with Crippen molar-refractivity contribution in [3.8, 4) is 5.75 Å². The van der Waals surface area contributed by atoms with Crippen LogP contribution in [0.1, 0.15) is 49.9 Å². The quantitative estimate of drug-likeness (QED) is 0.339. The summed E-state index contributed by atoms with van der Waals surface area (Å²) in [5, 5.41) is 5.11. The first-order chi connectivity index (χ1) is 18.5. The molecule has 0 unspecified atom stereocenters. The van der Waals surface area contributed by atoms with Crippen molar-refractivity contribution in [2.75, 3.05) is 24.6 Å². The van der Waals surface area contributed by atoms with Crippen LogP contribution in [-0.4, -0.2) is 63.8 Å². The summed E-state index contributed by atoms with van der Waals surface area (Å²) in [5.41, 5.74) is 2.12. The van der Waals surface area contributed by atoms with Crippen molar-refractivity contribution >= 4 is 33.7 Å². The molecular formula is C29H34N6O3. The lowest BCUT2D eigenvalue weighted by molar-refractivity contribution is -0.0608. The van der Waals surface area contributed by atoms with Crippen LogP contribution in [-0.2, 0) is 4.74 Å². The van der Waals surface area contributed by atoms with Crippen LogP contribution in [0.15, 0.2) is 49.1 Å². The highest BCUT2D eigenvalue weighted by Crippen LogP contribution is 2.32. The van der Waals surface area contributed by atoms with Gasteiger partial charge in [0.1, 0.15) is 24.2 Å². The SMILES string of the molecule is CC(C)OC1CC(CNC(=O)c2cc(OC[C@H]3CCCN3c3ncnc4nc[nH]c34)c3ccccc3c2)C1. The van der Waals surface area contributed by atoms with Crippen LogP contribution in [0.4, 0.5) is 5.82 Å². The van der Waals surface area contributed by atoms with Gasteiger partial charge in [-0.3, -0.25) is 4.79 Å². The smallest absolute Gasteiger partial charge is 0.251 e. The maximum absolute atomic E-state index is 13.1. The minimum absolute atomic E-state index is 0.0704. The summed E-state index contributed by atoms with van der Waals surface area (Å²) in [6, 6.07) is 12.0. The van der Waals surface area contributed by atoms with Crippen molar-refractivity contribution in [1.82, 2.24) is 25.3 Å². The molecule has 3 heterocycles. The number of fused-ring (bicyclic) bond motifs is 2. The summed E-state index contributed by atoms with van der Waals surface area (Å²) < 4.78 is 12.3. The molecule has 2 fully saturated rings. The van der Waals surface area contributed by atoms with Gasteiger partial charge in [0, 0.05) is 24.0 Å². The van der Waals surface area contributed by atoms with Crippen LogP contribution < -0.4 is 15.0 Å². The van der Waals surface area contributed by atoms with E-state index in [1.807, 2.05) is 36.4 Å². The number of ether oxygens (including phenoxy) is 2. The van der Waals surface area contributed by atoms with E-state index in [2.05, 4.69) is 44.0 Å². The molecule has 2 aromatic heterocycles. The number of aromatic amines is 1. The van der Waals surface area contributed by atoms with Gasteiger partial charge in [0.05, 0.1) is 24.6 Å². The van der Waals surface area contributed by atoms with Crippen molar-refractivity contribution < 1.29 is 14.3 Å². The zero-order valence-electron chi connectivity index (χ0n) is 21.9. The predicted octanol–water partition coefficient (Wildman–Crippen LogP) is 4.49. The van der Waals surface area contributed by atoms with Crippen LogP contribution in [0.25, 0.3) is 21.9 Å². The summed E-state index contributed by atoms with van der Waals surface area (Å²) in [6.07, 6.45) is 7.83. The summed E-state index contributed by atoms with van der Waals surface area (Å²) in [6.45, 7) is 6.18. The fourth-order valence-electron chi connectivity index (χ4n) is 5.65. The van der Waals surface area contributed by atoms with Gasteiger partial charge >= 0.3 is 0 Å². The Bertz CT molecular complexity index is 1430. The van der Waals surface area contributed by atoms with Gasteiger partial charge in [-0.05, 0) is 63.0 Å². The van der Waals surface area contributed by atoms with Crippen molar-refractivity contribution in [2.45, 2.75) is 57.8 Å². The molecular weight excluding hydrogens is 480 g/mol. The first-order valence-electron chi connectivity index (χ1n) is 13.5. The van der Waals surface area contributed by atoms with Crippen molar-refractivity contribution in [3.63, 3.8) is 0 Å². The summed E-state index contributed by atoms with van der Waals surface area (Å²) in [7, 11) is 0. The molecule has 38 heavy (non-hydrogen) atoms. The lowest BCUT2D eigenvalue weighted by Gasteiger charge is -2.36. The number of H-pyrrole nitrogens is 1. The Morgan fingerprint density at radius 3 is 2.92 bits per heavy atom. The minimum atomic E-state index is -0.0704. The molecule has 0 radical (unpaired) electrons. The van der Waals surface area contributed by atoms with Crippen LogP contribution in [0.2, 0.25) is 0 Å². The first-order valence-corrected chi connectivity index (χ1v) is 13.5. The van der Waals surface area contributed by atoms with Gasteiger partial charge in [-0.25, -0.2) is 15.0 Å². The number of rotatable bonds is 9. The molecule has 1 saturated carbocycles. The van der Waals surface area contributed by atoms with E-state index in [1.54, 1.807) is 12.7 Å². The van der Waals surface area contributed by atoms with Crippen LogP contribution in [0.3, 0.4) is 0 Å². The maximum atomic E-state index is 13.1. The van der Waals surface area contributed by atoms with Gasteiger partial charge in [0.25, 0.3) is 5.91 Å². The molecule has 1 amide bonds. The average Bonchev–Trinajstić information content (AvgIpc) is 3.57. The van der Waals surface area contributed by atoms with E-state index >= 15 is 0 Å². The molecule has 1 atom stereocenters. The number of carbonyl (C=O) groups is 1. The van der Waals surface area contributed by atoms with Crippen molar-refractivity contribution in [3.05, 3.63) is 54.6 Å². The molecule has 2 aromatic carbocycles. The number of imidazole rings is 1. The molecule has 1 aliphatic heterocycles. The lowest BCUT2D eigenvalue weighted by Crippen LogP contribution is -2.40. The molecule has 1 saturated heterocycles. The number of hydrogen-bond donors (Lipinski definition) is 2. The normalized spacial score (nSPS) is 21.2. The molecule has 2 N–H and O–H groups in total. The van der Waals surface area contributed by atoms with Crippen LogP contribution >= 0.6 is 0 Å². The summed E-state index contributed by atoms with van der Waals surface area (Å²) in [4.78, 5) is 31.6. The number of amides is 1. The van der Waals surface area contributed by atoms with Gasteiger partial charge in [-0.2, -0.15) is 0 Å². The highest BCUT2D eigenvalue weighted by molar-refractivity contribution is 6.00. The number of carbonyl (C=O) groups excluding carboxylic acids is 1. The van der Waals surface area contributed by atoms with E-state index in [4.69, 9.17) is 9.47 Å². The second-order valence-corrected chi connectivity index (χ2v) is 10.6. The van der Waals surface area contributed by atoms with Crippen LogP contribution in [0.5, 0.6) is 5.75 Å². The molecule has 0 spiro atoms. The Balaban J connectivity index is 1.15. The fourth-order valence-corrected chi connectivity index (χ4v) is 5.65. The highest BCUT2D eigenvalue weighted by atomic mass is 16.5. The molecule has 4 aromatic rings. The van der Waals surface area contributed by atoms with E-state index in [9.17, 15) is 4.79 Å². The second kappa shape index (κ2) is 10.6. The second-order valence-electron chi connectivity index (χ2n) is 10.6. The predicted molar refractivity (Wildman–Crippen MR) is 147 cm³/mol. The molecule has 0 bridgehead atoms. The fraction of sp³-hybridized carbons (Fsp3) is 0.448. The Morgan fingerprint density at radius 1 is 1.18 bits per heavy atom. The third kappa shape index (κ3) is 5.03. The zero-order chi connectivity index (χ0) is 26.1. The monoisotopic (exact) mass is 514 g/mol. The third-order valence-corrected chi connectivity index (χ3v) is 7.58. The lowest BCUT2D eigenvalue weighted by atomic mass is 9.82. The van der Waals surface area contributed by atoms with Gasteiger partial charge in [-0.15, -0.1) is 0 Å². The largest absolute Gasteiger partial charge is 0.491 e. The van der Waals surface area contributed by atoms with Crippen LogP contribution in [0, 0.1) is 5.92 Å². The summed E-state index contributed by atoms with van der Waals surface area (Å²) >= 11 is 0. The number of aromatic nitrogens is 4. The van der Waals surface area contributed by atoms with Gasteiger partial charge < -0.3 is 24.7 Å². The minimum Gasteiger partial charge on any atom is -0.491 e. The van der Waals surface area contributed by atoms with Gasteiger partial charge in [0.2, 0.25) is 0 Å². The van der Waals surface area contributed by atoms with Crippen molar-refractivity contribution in [2.24, 2.45) is 5.92 Å². The molecule has 2 aliphatic rings. The topological polar surface area (TPSA) is 105 Å². The highest BCUT2D eigenvalue weighted by Gasteiger charge is 2.31. The van der Waals surface area contributed by atoms with Crippen molar-refractivity contribution in [1.29, 1.82) is 0 Å². The Hall–Kier alpha value is -3.72. The van der Waals surface area contributed by atoms with E-state index < -0.39 is 0 Å².